The van der Waals surface area contributed by atoms with Crippen LogP contribution in [0.4, 0.5) is 8.78 Å². The Bertz CT molecular complexity index is 685. The fourth-order valence-corrected chi connectivity index (χ4v) is 2.00. The molecule has 100 valence electrons. The largest absolute Gasteiger partial charge is 0.504 e. The van der Waals surface area contributed by atoms with E-state index in [1.165, 1.54) is 7.05 Å². The molecular weight excluding hydrogens is 326 g/mol. The number of aryl methyl sites for hydroxylation is 1. The smallest absolute Gasteiger partial charge is 0.356 e. The molecule has 0 fully saturated rings. The molecule has 0 amide bonds. The van der Waals surface area contributed by atoms with E-state index in [1.54, 1.807) is 0 Å². The maximum atomic E-state index is 13.8. The van der Waals surface area contributed by atoms with E-state index < -0.39 is 23.4 Å². The Balaban J connectivity index is 2.69. The van der Waals surface area contributed by atoms with Gasteiger partial charge in [-0.05, 0) is 28.1 Å². The van der Waals surface area contributed by atoms with Crippen LogP contribution in [0.1, 0.15) is 10.5 Å². The number of nitrogens with zero attached hydrogens (tertiary/aromatic N) is 2. The third-order valence-electron chi connectivity index (χ3n) is 2.51. The Morgan fingerprint density at radius 1 is 1.37 bits per heavy atom. The highest BCUT2D eigenvalue weighted by Crippen LogP contribution is 2.35. The number of hydrogen-bond acceptors (Lipinski definition) is 3. The maximum Gasteiger partial charge on any atom is 0.356 e. The summed E-state index contributed by atoms with van der Waals surface area (Å²) in [5, 5.41) is 21.7. The molecule has 1 aromatic heterocycles. The van der Waals surface area contributed by atoms with E-state index in [-0.39, 0.29) is 21.4 Å². The van der Waals surface area contributed by atoms with E-state index in [1.807, 2.05) is 0 Å². The molecule has 2 N–H and O–H groups in total. The highest BCUT2D eigenvalue weighted by Gasteiger charge is 2.21. The van der Waals surface area contributed by atoms with Crippen molar-refractivity contribution in [3.63, 3.8) is 0 Å². The van der Waals surface area contributed by atoms with Crippen molar-refractivity contribution < 1.29 is 23.8 Å². The van der Waals surface area contributed by atoms with Crippen LogP contribution < -0.4 is 0 Å². The van der Waals surface area contributed by atoms with Gasteiger partial charge in [0, 0.05) is 12.6 Å². The summed E-state index contributed by atoms with van der Waals surface area (Å²) in [5.41, 5.74) is -0.416. The van der Waals surface area contributed by atoms with Gasteiger partial charge in [-0.2, -0.15) is 9.49 Å². The SMILES string of the molecule is Cn1nc(C(=O)O)cc1-c1cc(Br)c(O)c(F)c1F. The number of aromatic carboxylic acids is 1. The molecule has 0 saturated heterocycles. The number of rotatable bonds is 2. The summed E-state index contributed by atoms with van der Waals surface area (Å²) in [6.45, 7) is 0. The summed E-state index contributed by atoms with van der Waals surface area (Å²) >= 11 is 2.89. The minimum Gasteiger partial charge on any atom is -0.504 e. The number of aromatic hydroxyl groups is 1. The lowest BCUT2D eigenvalue weighted by Crippen LogP contribution is -2.00. The maximum absolute atomic E-state index is 13.8. The summed E-state index contributed by atoms with van der Waals surface area (Å²) < 4.78 is 28.3. The van der Waals surface area contributed by atoms with Gasteiger partial charge in [0.2, 0.25) is 5.82 Å². The van der Waals surface area contributed by atoms with Gasteiger partial charge in [-0.1, -0.05) is 0 Å². The van der Waals surface area contributed by atoms with Crippen molar-refractivity contribution in [2.45, 2.75) is 0 Å². The lowest BCUT2D eigenvalue weighted by atomic mass is 10.1. The first-order valence-electron chi connectivity index (χ1n) is 4.97. The van der Waals surface area contributed by atoms with Crippen LogP contribution in [0.25, 0.3) is 11.3 Å². The van der Waals surface area contributed by atoms with Gasteiger partial charge in [-0.25, -0.2) is 9.18 Å². The van der Waals surface area contributed by atoms with Crippen LogP contribution in [0, 0.1) is 11.6 Å². The predicted molar refractivity (Wildman–Crippen MR) is 64.9 cm³/mol. The molecule has 1 heterocycles. The lowest BCUT2D eigenvalue weighted by molar-refractivity contribution is 0.0689. The highest BCUT2D eigenvalue weighted by atomic mass is 79.9. The Morgan fingerprint density at radius 3 is 2.53 bits per heavy atom. The standard InChI is InChI=1S/C11H7BrF2N2O3/c1-16-7(3-6(15-16)11(18)19)4-2-5(12)10(17)9(14)8(4)13/h2-3,17H,1H3,(H,18,19). The van der Waals surface area contributed by atoms with Crippen LogP contribution in [-0.2, 0) is 7.05 Å². The predicted octanol–water partition coefficient (Wildman–Crippen LogP) is 2.53. The summed E-state index contributed by atoms with van der Waals surface area (Å²) in [4.78, 5) is 10.8. The van der Waals surface area contributed by atoms with Gasteiger partial charge in [0.25, 0.3) is 0 Å². The Morgan fingerprint density at radius 2 is 2.00 bits per heavy atom. The number of carbonyl (C=O) groups is 1. The number of phenolic OH excluding ortho intramolecular Hbond substituents is 1. The molecule has 2 aromatic rings. The topological polar surface area (TPSA) is 75.4 Å². The van der Waals surface area contributed by atoms with Crippen LogP contribution in [0.2, 0.25) is 0 Å². The number of halogens is 3. The molecule has 2 rings (SSSR count). The van der Waals surface area contributed by atoms with Crippen LogP contribution in [0.5, 0.6) is 5.75 Å². The van der Waals surface area contributed by atoms with Gasteiger partial charge in [0.1, 0.15) is 0 Å². The first-order valence-corrected chi connectivity index (χ1v) is 5.76. The quantitative estimate of drug-likeness (QED) is 0.828. The molecule has 0 atom stereocenters. The fraction of sp³-hybridized carbons (Fsp3) is 0.0909. The number of hydrogen-bond donors (Lipinski definition) is 2. The van der Waals surface area contributed by atoms with Gasteiger partial charge in [0.05, 0.1) is 10.2 Å². The van der Waals surface area contributed by atoms with Gasteiger partial charge in [0.15, 0.2) is 17.3 Å². The van der Waals surface area contributed by atoms with E-state index >= 15 is 0 Å². The molecule has 0 aliphatic heterocycles. The zero-order chi connectivity index (χ0) is 14.3. The van der Waals surface area contributed by atoms with Crippen LogP contribution in [-0.4, -0.2) is 26.0 Å². The number of phenols is 1. The molecule has 19 heavy (non-hydrogen) atoms. The van der Waals surface area contributed by atoms with Gasteiger partial charge >= 0.3 is 5.97 Å². The van der Waals surface area contributed by atoms with Crippen LogP contribution >= 0.6 is 15.9 Å². The Hall–Kier alpha value is -1.96. The molecule has 0 aliphatic rings. The molecule has 0 bridgehead atoms. The van der Waals surface area contributed by atoms with Gasteiger partial charge in [-0.15, -0.1) is 0 Å². The first kappa shape index (κ1) is 13.5. The molecule has 1 aromatic carbocycles. The first-order chi connectivity index (χ1) is 8.82. The van der Waals surface area contributed by atoms with Crippen LogP contribution in [0.3, 0.4) is 0 Å². The van der Waals surface area contributed by atoms with E-state index in [2.05, 4.69) is 21.0 Å². The fourth-order valence-electron chi connectivity index (χ4n) is 1.60. The lowest BCUT2D eigenvalue weighted by Gasteiger charge is -2.07. The molecule has 5 nitrogen and oxygen atoms in total. The average molecular weight is 333 g/mol. The summed E-state index contributed by atoms with van der Waals surface area (Å²) in [6, 6.07) is 2.26. The van der Waals surface area contributed by atoms with Gasteiger partial charge < -0.3 is 10.2 Å². The van der Waals surface area contributed by atoms with Crippen molar-refractivity contribution in [2.75, 3.05) is 0 Å². The molecule has 0 radical (unpaired) electrons. The van der Waals surface area contributed by atoms with E-state index in [0.717, 1.165) is 16.8 Å². The summed E-state index contributed by atoms with van der Waals surface area (Å²) in [7, 11) is 1.40. The molecule has 0 aliphatic carbocycles. The third kappa shape index (κ3) is 2.19. The minimum atomic E-state index is -1.41. The Labute approximate surface area is 114 Å². The van der Waals surface area contributed by atoms with Crippen molar-refractivity contribution in [3.05, 3.63) is 33.9 Å². The third-order valence-corrected chi connectivity index (χ3v) is 3.11. The zero-order valence-electron chi connectivity index (χ0n) is 9.49. The van der Waals surface area contributed by atoms with E-state index in [4.69, 9.17) is 5.11 Å². The highest BCUT2D eigenvalue weighted by molar-refractivity contribution is 9.10. The van der Waals surface area contributed by atoms with E-state index in [0.29, 0.717) is 0 Å². The second kappa shape index (κ2) is 4.61. The molecule has 0 saturated carbocycles. The number of carboxylic acids is 1. The number of benzene rings is 1. The van der Waals surface area contributed by atoms with Crippen molar-refractivity contribution in [1.29, 1.82) is 0 Å². The Kier molecular flexibility index (Phi) is 3.27. The van der Waals surface area contributed by atoms with Crippen molar-refractivity contribution >= 4 is 21.9 Å². The van der Waals surface area contributed by atoms with Gasteiger partial charge in [-0.3, -0.25) is 4.68 Å². The summed E-state index contributed by atoms with van der Waals surface area (Å²) in [5.74, 6) is -4.81. The van der Waals surface area contributed by atoms with Crippen molar-refractivity contribution in [2.24, 2.45) is 7.05 Å². The second-order valence-electron chi connectivity index (χ2n) is 3.73. The monoisotopic (exact) mass is 332 g/mol. The second-order valence-corrected chi connectivity index (χ2v) is 4.58. The molecule has 0 unspecified atom stereocenters. The number of aromatic nitrogens is 2. The van der Waals surface area contributed by atoms with E-state index in [9.17, 15) is 18.7 Å². The normalized spacial score (nSPS) is 10.7. The molecular formula is C11H7BrF2N2O3. The zero-order valence-corrected chi connectivity index (χ0v) is 11.1. The molecule has 0 spiro atoms. The molecule has 8 heteroatoms. The minimum absolute atomic E-state index is 0.0422. The van der Waals surface area contributed by atoms with Crippen LogP contribution in [0.15, 0.2) is 16.6 Å². The summed E-state index contributed by atoms with van der Waals surface area (Å²) in [6.07, 6.45) is 0. The van der Waals surface area contributed by atoms with Crippen molar-refractivity contribution in [3.8, 4) is 17.0 Å². The van der Waals surface area contributed by atoms with Crippen molar-refractivity contribution in [1.82, 2.24) is 9.78 Å². The average Bonchev–Trinajstić information content (AvgIpc) is 2.73. The number of carboxylic acid groups (broad SMARTS) is 1.